The van der Waals surface area contributed by atoms with Gasteiger partial charge in [0.25, 0.3) is 5.91 Å². The lowest BCUT2D eigenvalue weighted by Crippen LogP contribution is -2.26. The smallest absolute Gasteiger partial charge is 0.276 e. The van der Waals surface area contributed by atoms with Gasteiger partial charge < -0.3 is 9.80 Å². The first-order valence-electron chi connectivity index (χ1n) is 5.96. The fourth-order valence-corrected chi connectivity index (χ4v) is 2.10. The first-order valence-corrected chi connectivity index (χ1v) is 6.37. The van der Waals surface area contributed by atoms with Crippen molar-refractivity contribution >= 4 is 35.0 Å². The van der Waals surface area contributed by atoms with Gasteiger partial charge in [-0.25, -0.2) is 0 Å². The maximum Gasteiger partial charge on any atom is 0.276 e. The van der Waals surface area contributed by atoms with Gasteiger partial charge in [-0.15, -0.1) is 0 Å². The summed E-state index contributed by atoms with van der Waals surface area (Å²) < 4.78 is 0. The topological polar surface area (TPSA) is 26.8 Å². The van der Waals surface area contributed by atoms with E-state index in [0.29, 0.717) is 10.8 Å². The van der Waals surface area contributed by atoms with Gasteiger partial charge in [0.05, 0.1) is 0 Å². The molecular weight excluding hydrogens is 258 g/mol. The van der Waals surface area contributed by atoms with Crippen molar-refractivity contribution in [3.05, 3.63) is 35.5 Å². The summed E-state index contributed by atoms with van der Waals surface area (Å²) in [6.07, 6.45) is 1.86. The largest absolute Gasteiger partial charge is 0.378 e. The van der Waals surface area contributed by atoms with Crippen molar-refractivity contribution in [1.29, 1.82) is 0 Å². The molecule has 0 atom stereocenters. The fourth-order valence-electron chi connectivity index (χ4n) is 1.92. The minimum absolute atomic E-state index is 0.0656. The van der Waals surface area contributed by atoms with Crippen LogP contribution in [0.5, 0.6) is 0 Å². The standard InChI is InChI=1S/C14H17N3OS/c1-15(2)11-7-5-10(6-8-11)9-12-13(18)17(4)14(19)16(12)3/h5-9H,1-4H3/b12-9-. The molecule has 0 spiro atoms. The first-order chi connectivity index (χ1) is 8.91. The highest BCUT2D eigenvalue weighted by molar-refractivity contribution is 7.80. The minimum Gasteiger partial charge on any atom is -0.378 e. The van der Waals surface area contributed by atoms with Gasteiger partial charge in [0.15, 0.2) is 5.11 Å². The van der Waals surface area contributed by atoms with E-state index in [1.165, 1.54) is 4.90 Å². The van der Waals surface area contributed by atoms with Crippen molar-refractivity contribution in [1.82, 2.24) is 9.80 Å². The highest BCUT2D eigenvalue weighted by atomic mass is 32.1. The zero-order valence-corrected chi connectivity index (χ0v) is 12.4. The van der Waals surface area contributed by atoms with Crippen LogP contribution in [-0.2, 0) is 4.79 Å². The molecule has 4 nitrogen and oxygen atoms in total. The summed E-state index contributed by atoms with van der Waals surface area (Å²) in [5, 5.41) is 0.529. The number of carbonyl (C=O) groups excluding carboxylic acids is 1. The third kappa shape index (κ3) is 2.46. The van der Waals surface area contributed by atoms with Crippen LogP contribution in [0.3, 0.4) is 0 Å². The molecule has 19 heavy (non-hydrogen) atoms. The molecule has 0 saturated carbocycles. The van der Waals surface area contributed by atoms with E-state index in [0.717, 1.165) is 11.3 Å². The van der Waals surface area contributed by atoms with E-state index < -0.39 is 0 Å². The molecule has 0 aromatic heterocycles. The number of thiocarbonyl (C=S) groups is 1. The molecule has 5 heteroatoms. The van der Waals surface area contributed by atoms with Crippen molar-refractivity contribution in [3.8, 4) is 0 Å². The van der Waals surface area contributed by atoms with Gasteiger partial charge in [-0.3, -0.25) is 9.69 Å². The van der Waals surface area contributed by atoms with Gasteiger partial charge in [-0.2, -0.15) is 0 Å². The van der Waals surface area contributed by atoms with Gasteiger partial charge in [0.1, 0.15) is 5.70 Å². The molecule has 100 valence electrons. The molecule has 1 fully saturated rings. The number of benzene rings is 1. The van der Waals surface area contributed by atoms with Crippen LogP contribution < -0.4 is 4.90 Å². The number of nitrogens with zero attached hydrogens (tertiary/aromatic N) is 3. The summed E-state index contributed by atoms with van der Waals surface area (Å²) in [6, 6.07) is 8.03. The Labute approximate surface area is 118 Å². The molecule has 2 rings (SSSR count). The van der Waals surface area contributed by atoms with Crippen LogP contribution in [0.25, 0.3) is 6.08 Å². The van der Waals surface area contributed by atoms with E-state index >= 15 is 0 Å². The molecule has 1 aliphatic rings. The summed E-state index contributed by atoms with van der Waals surface area (Å²) in [4.78, 5) is 17.3. The molecule has 0 N–H and O–H groups in total. The highest BCUT2D eigenvalue weighted by Gasteiger charge is 2.32. The van der Waals surface area contributed by atoms with Crippen molar-refractivity contribution in [2.24, 2.45) is 0 Å². The van der Waals surface area contributed by atoms with Gasteiger partial charge in [-0.05, 0) is 36.0 Å². The third-order valence-corrected chi connectivity index (χ3v) is 3.72. The molecule has 1 aromatic rings. The Morgan fingerprint density at radius 2 is 1.68 bits per heavy atom. The lowest BCUT2D eigenvalue weighted by atomic mass is 10.1. The molecular formula is C14H17N3OS. The van der Waals surface area contributed by atoms with E-state index in [9.17, 15) is 4.79 Å². The summed E-state index contributed by atoms with van der Waals surface area (Å²) in [5.74, 6) is -0.0656. The first kappa shape index (κ1) is 13.5. The molecule has 0 unspecified atom stereocenters. The third-order valence-electron chi connectivity index (χ3n) is 3.17. The zero-order valence-electron chi connectivity index (χ0n) is 11.5. The predicted octanol–water partition coefficient (Wildman–Crippen LogP) is 1.78. The Kier molecular flexibility index (Phi) is 3.57. The molecule has 0 radical (unpaired) electrons. The van der Waals surface area contributed by atoms with Crippen molar-refractivity contribution < 1.29 is 4.79 Å². The van der Waals surface area contributed by atoms with Crippen molar-refractivity contribution in [3.63, 3.8) is 0 Å². The maximum absolute atomic E-state index is 12.0. The molecule has 1 amide bonds. The Balaban J connectivity index is 2.31. The van der Waals surface area contributed by atoms with Crippen LogP contribution in [0.2, 0.25) is 0 Å². The lowest BCUT2D eigenvalue weighted by Gasteiger charge is -2.13. The van der Waals surface area contributed by atoms with Crippen LogP contribution >= 0.6 is 12.2 Å². The van der Waals surface area contributed by atoms with Crippen LogP contribution in [0, 0.1) is 0 Å². The average molecular weight is 275 g/mol. The van der Waals surface area contributed by atoms with Crippen molar-refractivity contribution in [2.75, 3.05) is 33.1 Å². The quantitative estimate of drug-likeness (QED) is 0.607. The van der Waals surface area contributed by atoms with E-state index in [4.69, 9.17) is 12.2 Å². The normalized spacial score (nSPS) is 17.6. The Hall–Kier alpha value is -1.88. The van der Waals surface area contributed by atoms with E-state index in [2.05, 4.69) is 0 Å². The zero-order chi connectivity index (χ0) is 14.2. The summed E-state index contributed by atoms with van der Waals surface area (Å²) in [5.41, 5.74) is 2.71. The Morgan fingerprint density at radius 3 is 2.11 bits per heavy atom. The minimum atomic E-state index is -0.0656. The summed E-state index contributed by atoms with van der Waals surface area (Å²) >= 11 is 5.17. The number of hydrogen-bond donors (Lipinski definition) is 0. The lowest BCUT2D eigenvalue weighted by molar-refractivity contribution is -0.121. The predicted molar refractivity (Wildman–Crippen MR) is 81.9 cm³/mol. The second-order valence-corrected chi connectivity index (χ2v) is 5.09. The number of anilines is 1. The van der Waals surface area contributed by atoms with E-state index in [-0.39, 0.29) is 5.91 Å². The Morgan fingerprint density at radius 1 is 1.11 bits per heavy atom. The molecule has 1 heterocycles. The van der Waals surface area contributed by atoms with E-state index in [1.54, 1.807) is 11.9 Å². The van der Waals surface area contributed by atoms with Crippen LogP contribution in [-0.4, -0.2) is 49.0 Å². The molecule has 1 saturated heterocycles. The molecule has 0 aliphatic carbocycles. The van der Waals surface area contributed by atoms with Crippen LogP contribution in [0.1, 0.15) is 5.56 Å². The average Bonchev–Trinajstić information content (AvgIpc) is 2.57. The fraction of sp³-hybridized carbons (Fsp3) is 0.286. The summed E-state index contributed by atoms with van der Waals surface area (Å²) in [7, 11) is 7.49. The second-order valence-electron chi connectivity index (χ2n) is 4.72. The van der Waals surface area contributed by atoms with Crippen molar-refractivity contribution in [2.45, 2.75) is 0 Å². The van der Waals surface area contributed by atoms with Gasteiger partial charge >= 0.3 is 0 Å². The van der Waals surface area contributed by atoms with E-state index in [1.807, 2.05) is 56.4 Å². The molecule has 0 bridgehead atoms. The number of likely N-dealkylation sites (N-methyl/N-ethyl adjacent to an activating group) is 2. The highest BCUT2D eigenvalue weighted by Crippen LogP contribution is 2.21. The molecule has 1 aliphatic heterocycles. The van der Waals surface area contributed by atoms with Crippen LogP contribution in [0.15, 0.2) is 30.0 Å². The van der Waals surface area contributed by atoms with Gasteiger partial charge in [0, 0.05) is 33.9 Å². The van der Waals surface area contributed by atoms with Crippen LogP contribution in [0.4, 0.5) is 5.69 Å². The SMILES string of the molecule is CN1C(=O)/C(=C/c2ccc(N(C)C)cc2)N(C)C1=S. The maximum atomic E-state index is 12.0. The number of carbonyl (C=O) groups is 1. The number of hydrogen-bond acceptors (Lipinski definition) is 3. The summed E-state index contributed by atoms with van der Waals surface area (Å²) in [6.45, 7) is 0. The van der Waals surface area contributed by atoms with Gasteiger partial charge in [-0.1, -0.05) is 12.1 Å². The Bertz CT molecular complexity index is 548. The number of rotatable bonds is 2. The number of amides is 1. The molecule has 1 aromatic carbocycles. The van der Waals surface area contributed by atoms with Gasteiger partial charge in [0.2, 0.25) is 0 Å². The monoisotopic (exact) mass is 275 g/mol. The second kappa shape index (κ2) is 5.01.